The molecule has 24 heavy (non-hydrogen) atoms. The molecule has 1 amide bonds. The summed E-state index contributed by atoms with van der Waals surface area (Å²) in [5.41, 5.74) is 1.90. The number of para-hydroxylation sites is 2. The molecule has 0 bridgehead atoms. The average molecular weight is 389 g/mol. The van der Waals surface area contributed by atoms with Gasteiger partial charge in [-0.15, -0.1) is 0 Å². The van der Waals surface area contributed by atoms with E-state index in [0.717, 1.165) is 11.0 Å². The van der Waals surface area contributed by atoms with E-state index < -0.39 is 10.8 Å². The van der Waals surface area contributed by atoms with Gasteiger partial charge in [0.15, 0.2) is 0 Å². The van der Waals surface area contributed by atoms with Gasteiger partial charge in [-0.2, -0.15) is 0 Å². The van der Waals surface area contributed by atoms with E-state index in [1.807, 2.05) is 35.9 Å². The van der Waals surface area contributed by atoms with Crippen molar-refractivity contribution in [1.29, 1.82) is 0 Å². The van der Waals surface area contributed by atoms with Crippen molar-refractivity contribution < 1.29 is 9.72 Å². The molecule has 0 saturated heterocycles. The Morgan fingerprint density at radius 1 is 1.33 bits per heavy atom. The molecular weight excluding hydrogens is 376 g/mol. The Labute approximate surface area is 145 Å². The predicted octanol–water partition coefficient (Wildman–Crippen LogP) is 3.17. The smallest absolute Gasteiger partial charge is 0.284 e. The van der Waals surface area contributed by atoms with Gasteiger partial charge in [0, 0.05) is 18.7 Å². The number of rotatable bonds is 4. The van der Waals surface area contributed by atoms with E-state index in [1.165, 1.54) is 18.2 Å². The fourth-order valence-electron chi connectivity index (χ4n) is 2.41. The molecule has 3 aromatic rings. The van der Waals surface area contributed by atoms with Gasteiger partial charge in [0.2, 0.25) is 0 Å². The molecule has 0 aliphatic carbocycles. The number of carbonyl (C=O) groups excluding carboxylic acids is 1. The van der Waals surface area contributed by atoms with Crippen LogP contribution < -0.4 is 5.32 Å². The Hall–Kier alpha value is -2.74. The van der Waals surface area contributed by atoms with Crippen LogP contribution in [0.5, 0.6) is 0 Å². The molecular formula is C16H13BrN4O3. The molecule has 0 atom stereocenters. The molecule has 1 N–H and O–H groups in total. The van der Waals surface area contributed by atoms with Crippen LogP contribution in [0.1, 0.15) is 16.2 Å². The lowest BCUT2D eigenvalue weighted by atomic mass is 10.2. The quantitative estimate of drug-likeness (QED) is 0.548. The summed E-state index contributed by atoms with van der Waals surface area (Å²) in [5.74, 6) is 0.314. The predicted molar refractivity (Wildman–Crippen MR) is 92.7 cm³/mol. The second-order valence-electron chi connectivity index (χ2n) is 5.18. The minimum absolute atomic E-state index is 0.148. The number of amides is 1. The largest absolute Gasteiger partial charge is 0.345 e. The van der Waals surface area contributed by atoms with Crippen molar-refractivity contribution in [1.82, 2.24) is 14.9 Å². The Kier molecular flexibility index (Phi) is 4.30. The summed E-state index contributed by atoms with van der Waals surface area (Å²) in [6, 6.07) is 11.9. The summed E-state index contributed by atoms with van der Waals surface area (Å²) < 4.78 is 2.24. The van der Waals surface area contributed by atoms with Crippen LogP contribution in [0, 0.1) is 10.1 Å². The number of halogens is 1. The van der Waals surface area contributed by atoms with Crippen LogP contribution in [-0.2, 0) is 13.6 Å². The number of nitro groups is 1. The average Bonchev–Trinajstić information content (AvgIpc) is 2.89. The van der Waals surface area contributed by atoms with Crippen LogP contribution in [0.4, 0.5) is 5.69 Å². The normalized spacial score (nSPS) is 10.8. The second-order valence-corrected chi connectivity index (χ2v) is 6.04. The Bertz CT molecular complexity index is 952. The summed E-state index contributed by atoms with van der Waals surface area (Å²) >= 11 is 3.10. The molecule has 0 fully saturated rings. The summed E-state index contributed by atoms with van der Waals surface area (Å²) in [5, 5.41) is 13.7. The molecule has 8 heteroatoms. The molecule has 2 aromatic carbocycles. The molecule has 122 valence electrons. The fraction of sp³-hybridized carbons (Fsp3) is 0.125. The van der Waals surface area contributed by atoms with Gasteiger partial charge in [-0.1, -0.05) is 12.1 Å². The third-order valence-corrected chi connectivity index (χ3v) is 4.36. The fourth-order valence-corrected chi connectivity index (χ4v) is 2.80. The van der Waals surface area contributed by atoms with Crippen LogP contribution in [0.3, 0.4) is 0 Å². The van der Waals surface area contributed by atoms with Crippen LogP contribution in [0.2, 0.25) is 0 Å². The topological polar surface area (TPSA) is 90.1 Å². The van der Waals surface area contributed by atoms with Gasteiger partial charge < -0.3 is 9.88 Å². The second kappa shape index (κ2) is 6.40. The SMILES string of the molecule is Cn1c(CNC(=O)c2ccc(Br)c([N+](=O)[O-])c2)nc2ccccc21. The first-order valence-corrected chi connectivity index (χ1v) is 7.89. The molecule has 1 heterocycles. The van der Waals surface area contributed by atoms with Crippen molar-refractivity contribution in [2.45, 2.75) is 6.54 Å². The number of nitro benzene ring substituents is 1. The highest BCUT2D eigenvalue weighted by Gasteiger charge is 2.16. The Balaban J connectivity index is 1.79. The third kappa shape index (κ3) is 3.00. The number of benzene rings is 2. The van der Waals surface area contributed by atoms with Crippen LogP contribution in [0.15, 0.2) is 46.9 Å². The molecule has 7 nitrogen and oxygen atoms in total. The van der Waals surface area contributed by atoms with Gasteiger partial charge in [0.1, 0.15) is 5.82 Å². The van der Waals surface area contributed by atoms with Crippen LogP contribution in [0.25, 0.3) is 11.0 Å². The zero-order valence-electron chi connectivity index (χ0n) is 12.7. The minimum Gasteiger partial charge on any atom is -0.345 e. The van der Waals surface area contributed by atoms with Crippen LogP contribution >= 0.6 is 15.9 Å². The van der Waals surface area contributed by atoms with Crippen molar-refractivity contribution in [3.8, 4) is 0 Å². The molecule has 0 aliphatic rings. The number of aryl methyl sites for hydroxylation is 1. The van der Waals surface area contributed by atoms with Gasteiger partial charge in [-0.05, 0) is 40.2 Å². The standard InChI is InChI=1S/C16H13BrN4O3/c1-20-13-5-3-2-4-12(13)19-15(20)9-18-16(22)10-6-7-11(17)14(8-10)21(23)24/h2-8H,9H2,1H3,(H,18,22). The maximum atomic E-state index is 12.2. The van der Waals surface area contributed by atoms with Gasteiger partial charge >= 0.3 is 0 Å². The van der Waals surface area contributed by atoms with Crippen molar-refractivity contribution in [3.05, 3.63) is 68.4 Å². The first-order valence-electron chi connectivity index (χ1n) is 7.10. The number of fused-ring (bicyclic) bond motifs is 1. The summed E-state index contributed by atoms with van der Waals surface area (Å²) in [6.45, 7) is 0.230. The first-order chi connectivity index (χ1) is 11.5. The van der Waals surface area contributed by atoms with Crippen molar-refractivity contribution >= 4 is 38.6 Å². The number of aromatic nitrogens is 2. The highest BCUT2D eigenvalue weighted by atomic mass is 79.9. The van der Waals surface area contributed by atoms with E-state index in [4.69, 9.17) is 0 Å². The van der Waals surface area contributed by atoms with Gasteiger partial charge in [0.25, 0.3) is 11.6 Å². The third-order valence-electron chi connectivity index (χ3n) is 3.69. The molecule has 1 aromatic heterocycles. The van der Waals surface area contributed by atoms with E-state index in [0.29, 0.717) is 10.3 Å². The van der Waals surface area contributed by atoms with E-state index in [2.05, 4.69) is 26.2 Å². The summed E-state index contributed by atoms with van der Waals surface area (Å²) in [7, 11) is 1.88. The molecule has 0 radical (unpaired) electrons. The highest BCUT2D eigenvalue weighted by Crippen LogP contribution is 2.25. The van der Waals surface area contributed by atoms with E-state index in [-0.39, 0.29) is 17.8 Å². The van der Waals surface area contributed by atoms with E-state index in [1.54, 1.807) is 0 Å². The number of carbonyl (C=O) groups is 1. The zero-order chi connectivity index (χ0) is 17.3. The number of hydrogen-bond acceptors (Lipinski definition) is 4. The van der Waals surface area contributed by atoms with Crippen molar-refractivity contribution in [2.75, 3.05) is 0 Å². The summed E-state index contributed by atoms with van der Waals surface area (Å²) in [6.07, 6.45) is 0. The molecule has 3 rings (SSSR count). The Morgan fingerprint density at radius 3 is 2.79 bits per heavy atom. The van der Waals surface area contributed by atoms with Gasteiger partial charge in [0.05, 0.1) is 27.0 Å². The maximum Gasteiger partial charge on any atom is 0.284 e. The maximum absolute atomic E-state index is 12.2. The molecule has 0 unspecified atom stereocenters. The number of hydrogen-bond donors (Lipinski definition) is 1. The van der Waals surface area contributed by atoms with Crippen molar-refractivity contribution in [3.63, 3.8) is 0 Å². The highest BCUT2D eigenvalue weighted by molar-refractivity contribution is 9.10. The number of imidazole rings is 1. The van der Waals surface area contributed by atoms with Gasteiger partial charge in [-0.25, -0.2) is 4.98 Å². The first kappa shape index (κ1) is 16.1. The molecule has 0 saturated carbocycles. The molecule has 0 aliphatic heterocycles. The molecule has 0 spiro atoms. The lowest BCUT2D eigenvalue weighted by molar-refractivity contribution is -0.385. The lowest BCUT2D eigenvalue weighted by Crippen LogP contribution is -2.24. The number of nitrogens with zero attached hydrogens (tertiary/aromatic N) is 3. The zero-order valence-corrected chi connectivity index (χ0v) is 14.3. The van der Waals surface area contributed by atoms with Gasteiger partial charge in [-0.3, -0.25) is 14.9 Å². The summed E-state index contributed by atoms with van der Waals surface area (Å²) in [4.78, 5) is 27.1. The van der Waals surface area contributed by atoms with E-state index in [9.17, 15) is 14.9 Å². The van der Waals surface area contributed by atoms with Crippen molar-refractivity contribution in [2.24, 2.45) is 7.05 Å². The lowest BCUT2D eigenvalue weighted by Gasteiger charge is -2.06. The Morgan fingerprint density at radius 2 is 2.08 bits per heavy atom. The number of nitrogens with one attached hydrogen (secondary N) is 1. The van der Waals surface area contributed by atoms with E-state index >= 15 is 0 Å². The van der Waals surface area contributed by atoms with Crippen LogP contribution in [-0.4, -0.2) is 20.4 Å². The monoisotopic (exact) mass is 388 g/mol. The minimum atomic E-state index is -0.535.